The molecule has 0 aliphatic rings. The molecule has 0 radical (unpaired) electrons. The van der Waals surface area contributed by atoms with E-state index in [2.05, 4.69) is 0 Å². The van der Waals surface area contributed by atoms with Crippen LogP contribution in [0.3, 0.4) is 0 Å². The SMILES string of the molecule is Cc1cc2oc(=S)cc(C)c2cc1O. The molecule has 1 aromatic carbocycles. The average molecular weight is 206 g/mol. The van der Waals surface area contributed by atoms with Gasteiger partial charge in [0.1, 0.15) is 11.3 Å². The molecule has 0 amide bonds. The van der Waals surface area contributed by atoms with Gasteiger partial charge in [0.15, 0.2) is 4.71 Å². The van der Waals surface area contributed by atoms with Crippen molar-refractivity contribution in [1.29, 1.82) is 0 Å². The normalized spacial score (nSPS) is 10.7. The van der Waals surface area contributed by atoms with Crippen molar-refractivity contribution in [2.24, 2.45) is 0 Å². The second kappa shape index (κ2) is 3.10. The summed E-state index contributed by atoms with van der Waals surface area (Å²) in [7, 11) is 0. The molecule has 3 heteroatoms. The lowest BCUT2D eigenvalue weighted by atomic mass is 10.1. The number of hydrogen-bond acceptors (Lipinski definition) is 3. The molecular weight excluding hydrogens is 196 g/mol. The zero-order valence-corrected chi connectivity index (χ0v) is 8.81. The first-order valence-electron chi connectivity index (χ1n) is 4.32. The molecule has 0 spiro atoms. The van der Waals surface area contributed by atoms with Crippen LogP contribution in [0.5, 0.6) is 5.75 Å². The Morgan fingerprint density at radius 3 is 2.57 bits per heavy atom. The van der Waals surface area contributed by atoms with E-state index in [-0.39, 0.29) is 5.75 Å². The topological polar surface area (TPSA) is 33.4 Å². The second-order valence-corrected chi connectivity index (χ2v) is 3.79. The quantitative estimate of drug-likeness (QED) is 0.670. The average Bonchev–Trinajstić information content (AvgIpc) is 2.08. The Balaban J connectivity index is 2.96. The molecule has 0 atom stereocenters. The highest BCUT2D eigenvalue weighted by Crippen LogP contribution is 2.26. The molecule has 0 aliphatic carbocycles. The zero-order valence-electron chi connectivity index (χ0n) is 8.00. The highest BCUT2D eigenvalue weighted by atomic mass is 32.1. The van der Waals surface area contributed by atoms with E-state index >= 15 is 0 Å². The Morgan fingerprint density at radius 2 is 1.86 bits per heavy atom. The third-order valence-electron chi connectivity index (χ3n) is 2.27. The lowest BCUT2D eigenvalue weighted by Crippen LogP contribution is -1.81. The van der Waals surface area contributed by atoms with E-state index in [0.717, 1.165) is 22.1 Å². The molecule has 0 saturated carbocycles. The molecule has 14 heavy (non-hydrogen) atoms. The van der Waals surface area contributed by atoms with E-state index < -0.39 is 0 Å². The lowest BCUT2D eigenvalue weighted by molar-refractivity contribution is 0.471. The van der Waals surface area contributed by atoms with E-state index in [1.807, 2.05) is 13.8 Å². The van der Waals surface area contributed by atoms with Crippen LogP contribution in [0, 0.1) is 18.6 Å². The Bertz CT molecular complexity index is 555. The van der Waals surface area contributed by atoms with E-state index in [1.165, 1.54) is 0 Å². The molecule has 0 bridgehead atoms. The summed E-state index contributed by atoms with van der Waals surface area (Å²) in [6.45, 7) is 3.78. The third-order valence-corrected chi connectivity index (χ3v) is 2.47. The second-order valence-electron chi connectivity index (χ2n) is 3.38. The predicted octanol–water partition coefficient (Wildman–Crippen LogP) is 3.48. The lowest BCUT2D eigenvalue weighted by Gasteiger charge is -2.04. The smallest absolute Gasteiger partial charge is 0.191 e. The first-order chi connectivity index (χ1) is 6.58. The molecule has 1 heterocycles. The minimum Gasteiger partial charge on any atom is -0.508 e. The van der Waals surface area contributed by atoms with Crippen molar-refractivity contribution in [2.45, 2.75) is 13.8 Å². The standard InChI is InChI=1S/C11H10O2S/c1-6-4-11(14)13-10-3-7(2)9(12)5-8(6)10/h3-5,12H,1-2H3. The number of benzene rings is 1. The Morgan fingerprint density at radius 1 is 1.14 bits per heavy atom. The van der Waals surface area contributed by atoms with E-state index in [4.69, 9.17) is 16.6 Å². The Labute approximate surface area is 86.8 Å². The molecule has 0 unspecified atom stereocenters. The summed E-state index contributed by atoms with van der Waals surface area (Å²) in [4.78, 5) is 0. The predicted molar refractivity (Wildman–Crippen MR) is 58.2 cm³/mol. The van der Waals surface area contributed by atoms with Gasteiger partial charge in [-0.1, -0.05) is 0 Å². The number of hydrogen-bond donors (Lipinski definition) is 1. The van der Waals surface area contributed by atoms with E-state index in [0.29, 0.717) is 4.71 Å². The van der Waals surface area contributed by atoms with Crippen molar-refractivity contribution in [3.8, 4) is 5.75 Å². The maximum atomic E-state index is 9.54. The largest absolute Gasteiger partial charge is 0.508 e. The Hall–Kier alpha value is -1.35. The van der Waals surface area contributed by atoms with Crippen LogP contribution in [0.15, 0.2) is 22.6 Å². The van der Waals surface area contributed by atoms with Crippen LogP contribution in [-0.4, -0.2) is 5.11 Å². The van der Waals surface area contributed by atoms with Crippen LogP contribution in [0.2, 0.25) is 0 Å². The van der Waals surface area contributed by atoms with Crippen LogP contribution in [-0.2, 0) is 0 Å². The fourth-order valence-corrected chi connectivity index (χ4v) is 1.72. The van der Waals surface area contributed by atoms with Crippen LogP contribution in [0.4, 0.5) is 0 Å². The highest BCUT2D eigenvalue weighted by molar-refractivity contribution is 7.71. The van der Waals surface area contributed by atoms with Crippen molar-refractivity contribution >= 4 is 23.2 Å². The molecule has 1 N–H and O–H groups in total. The number of aryl methyl sites for hydroxylation is 2. The first-order valence-corrected chi connectivity index (χ1v) is 4.73. The molecule has 0 saturated heterocycles. The monoisotopic (exact) mass is 206 g/mol. The minimum absolute atomic E-state index is 0.285. The van der Waals surface area contributed by atoms with Gasteiger partial charge in [0, 0.05) is 5.39 Å². The van der Waals surface area contributed by atoms with Gasteiger partial charge in [-0.3, -0.25) is 0 Å². The summed E-state index contributed by atoms with van der Waals surface area (Å²) in [6.07, 6.45) is 0. The zero-order chi connectivity index (χ0) is 10.3. The summed E-state index contributed by atoms with van der Waals surface area (Å²) in [6, 6.07) is 5.29. The van der Waals surface area contributed by atoms with Gasteiger partial charge in [-0.15, -0.1) is 0 Å². The van der Waals surface area contributed by atoms with Gasteiger partial charge in [-0.05, 0) is 55.4 Å². The van der Waals surface area contributed by atoms with Gasteiger partial charge >= 0.3 is 0 Å². The summed E-state index contributed by atoms with van der Waals surface area (Å²) in [5.41, 5.74) is 2.54. The number of fused-ring (bicyclic) bond motifs is 1. The van der Waals surface area contributed by atoms with Crippen LogP contribution in [0.1, 0.15) is 11.1 Å². The maximum Gasteiger partial charge on any atom is 0.191 e. The van der Waals surface area contributed by atoms with Crippen molar-refractivity contribution in [2.75, 3.05) is 0 Å². The number of phenolic OH excluding ortho intramolecular Hbond substituents is 1. The van der Waals surface area contributed by atoms with Gasteiger partial charge in [0.05, 0.1) is 0 Å². The molecule has 72 valence electrons. The minimum atomic E-state index is 0.285. The van der Waals surface area contributed by atoms with Crippen LogP contribution >= 0.6 is 12.2 Å². The van der Waals surface area contributed by atoms with Gasteiger partial charge in [0.2, 0.25) is 0 Å². The van der Waals surface area contributed by atoms with E-state index in [9.17, 15) is 5.11 Å². The van der Waals surface area contributed by atoms with Gasteiger partial charge in [-0.2, -0.15) is 0 Å². The highest BCUT2D eigenvalue weighted by Gasteiger charge is 2.04. The van der Waals surface area contributed by atoms with Crippen molar-refractivity contribution in [3.63, 3.8) is 0 Å². The molecule has 2 rings (SSSR count). The fraction of sp³-hybridized carbons (Fsp3) is 0.182. The number of phenols is 1. The molecule has 0 aliphatic heterocycles. The number of aromatic hydroxyl groups is 1. The summed E-state index contributed by atoms with van der Waals surface area (Å²) in [5, 5.41) is 10.4. The van der Waals surface area contributed by atoms with Gasteiger partial charge in [-0.25, -0.2) is 0 Å². The molecule has 0 fully saturated rings. The van der Waals surface area contributed by atoms with Crippen molar-refractivity contribution < 1.29 is 9.52 Å². The molecule has 1 aromatic heterocycles. The van der Waals surface area contributed by atoms with Crippen LogP contribution < -0.4 is 0 Å². The van der Waals surface area contributed by atoms with Crippen molar-refractivity contribution in [1.82, 2.24) is 0 Å². The fourth-order valence-electron chi connectivity index (χ4n) is 1.45. The third kappa shape index (κ3) is 1.40. The molecule has 2 nitrogen and oxygen atoms in total. The summed E-state index contributed by atoms with van der Waals surface area (Å²) in [5.74, 6) is 0.285. The maximum absolute atomic E-state index is 9.54. The summed E-state index contributed by atoms with van der Waals surface area (Å²) >= 11 is 4.97. The van der Waals surface area contributed by atoms with Gasteiger partial charge in [0.25, 0.3) is 0 Å². The molecular formula is C11H10O2S. The van der Waals surface area contributed by atoms with E-state index in [1.54, 1.807) is 18.2 Å². The first kappa shape index (κ1) is 9.21. The van der Waals surface area contributed by atoms with Gasteiger partial charge < -0.3 is 9.52 Å². The van der Waals surface area contributed by atoms with Crippen molar-refractivity contribution in [3.05, 3.63) is 34.0 Å². The number of rotatable bonds is 0. The summed E-state index contributed by atoms with van der Waals surface area (Å²) < 4.78 is 5.85. The molecule has 2 aromatic rings. The Kier molecular flexibility index (Phi) is 2.04. The van der Waals surface area contributed by atoms with Crippen LogP contribution in [0.25, 0.3) is 11.0 Å².